The van der Waals surface area contributed by atoms with Gasteiger partial charge in [0.25, 0.3) is 11.8 Å². The quantitative estimate of drug-likeness (QED) is 0.656. The number of hydrazine groups is 1. The Bertz CT molecular complexity index is 709. The second kappa shape index (κ2) is 6.76. The van der Waals surface area contributed by atoms with Crippen molar-refractivity contribution in [1.82, 2.24) is 25.6 Å². The lowest BCUT2D eigenvalue weighted by Crippen LogP contribution is -2.43. The van der Waals surface area contributed by atoms with Gasteiger partial charge in [0.05, 0.1) is 5.69 Å². The molecule has 0 aliphatic rings. The summed E-state index contributed by atoms with van der Waals surface area (Å²) in [5.74, 6) is -0.960. The van der Waals surface area contributed by atoms with Crippen molar-refractivity contribution in [3.05, 3.63) is 45.5 Å². The lowest BCUT2D eigenvalue weighted by molar-refractivity contribution is -0.122. The molecule has 0 radical (unpaired) electrons. The largest absolute Gasteiger partial charge is 0.271 e. The molecule has 0 bridgehead atoms. The Balaban J connectivity index is 1.93. The zero-order chi connectivity index (χ0) is 16.3. The van der Waals surface area contributed by atoms with Gasteiger partial charge >= 0.3 is 0 Å². The maximum Gasteiger partial charge on any atom is 0.269 e. The highest BCUT2D eigenvalue weighted by Crippen LogP contribution is 2.14. The van der Waals surface area contributed by atoms with Crippen LogP contribution in [0.2, 0.25) is 10.3 Å². The Morgan fingerprint density at radius 2 is 1.77 bits per heavy atom. The molecule has 116 valence electrons. The first-order chi connectivity index (χ1) is 10.3. The van der Waals surface area contributed by atoms with Gasteiger partial charge in [0.15, 0.2) is 0 Å². The third kappa shape index (κ3) is 4.19. The van der Waals surface area contributed by atoms with Crippen LogP contribution in [0.4, 0.5) is 0 Å². The number of aromatic nitrogens is 3. The molecule has 7 nitrogen and oxygen atoms in total. The van der Waals surface area contributed by atoms with Crippen LogP contribution < -0.4 is 10.9 Å². The van der Waals surface area contributed by atoms with Crippen LogP contribution in [0.15, 0.2) is 18.2 Å². The molecular weight excluding hydrogens is 329 g/mol. The average molecular weight is 342 g/mol. The Morgan fingerprint density at radius 3 is 2.32 bits per heavy atom. The van der Waals surface area contributed by atoms with E-state index in [1.165, 1.54) is 16.8 Å². The fourth-order valence-electron chi connectivity index (χ4n) is 1.81. The van der Waals surface area contributed by atoms with E-state index in [4.69, 9.17) is 23.2 Å². The maximum atomic E-state index is 11.9. The summed E-state index contributed by atoms with van der Waals surface area (Å²) in [6.45, 7) is 3.67. The van der Waals surface area contributed by atoms with Crippen molar-refractivity contribution in [1.29, 1.82) is 0 Å². The predicted octanol–water partition coefficient (Wildman–Crippen LogP) is 1.66. The highest BCUT2D eigenvalue weighted by molar-refractivity contribution is 6.33. The Labute approximate surface area is 136 Å². The highest BCUT2D eigenvalue weighted by atomic mass is 35.5. The monoisotopic (exact) mass is 341 g/mol. The number of nitrogens with one attached hydrogen (secondary N) is 2. The molecule has 2 rings (SSSR count). The van der Waals surface area contributed by atoms with Gasteiger partial charge in [-0.15, -0.1) is 0 Å². The van der Waals surface area contributed by atoms with Gasteiger partial charge in [-0.25, -0.2) is 4.98 Å². The Kier molecular flexibility index (Phi) is 4.99. The van der Waals surface area contributed by atoms with E-state index in [1.54, 1.807) is 0 Å². The SMILES string of the molecule is Cc1cc(C)n(CC(=O)NNC(=O)c2cc(Cl)nc(Cl)c2)n1. The van der Waals surface area contributed by atoms with E-state index in [0.717, 1.165) is 11.4 Å². The second-order valence-corrected chi connectivity index (χ2v) is 5.36. The maximum absolute atomic E-state index is 11.9. The predicted molar refractivity (Wildman–Crippen MR) is 81.6 cm³/mol. The lowest BCUT2D eigenvalue weighted by Gasteiger charge is -2.08. The van der Waals surface area contributed by atoms with Gasteiger partial charge in [-0.3, -0.25) is 25.1 Å². The molecule has 9 heteroatoms. The number of nitrogens with zero attached hydrogens (tertiary/aromatic N) is 3. The first-order valence-corrected chi connectivity index (χ1v) is 7.04. The molecule has 0 atom stereocenters. The zero-order valence-corrected chi connectivity index (χ0v) is 13.4. The van der Waals surface area contributed by atoms with Crippen LogP contribution in [-0.2, 0) is 11.3 Å². The summed E-state index contributed by atoms with van der Waals surface area (Å²) in [6, 6.07) is 4.54. The average Bonchev–Trinajstić information content (AvgIpc) is 2.73. The van der Waals surface area contributed by atoms with Gasteiger partial charge < -0.3 is 0 Å². The number of hydrogen-bond acceptors (Lipinski definition) is 4. The molecule has 2 aromatic rings. The number of amides is 2. The van der Waals surface area contributed by atoms with Gasteiger partial charge in [0, 0.05) is 11.3 Å². The third-order valence-electron chi connectivity index (χ3n) is 2.74. The van der Waals surface area contributed by atoms with Crippen molar-refractivity contribution >= 4 is 35.0 Å². The summed E-state index contributed by atoms with van der Waals surface area (Å²) < 4.78 is 1.54. The van der Waals surface area contributed by atoms with Crippen LogP contribution >= 0.6 is 23.2 Å². The molecule has 0 aromatic carbocycles. The smallest absolute Gasteiger partial charge is 0.269 e. The van der Waals surface area contributed by atoms with E-state index in [1.807, 2.05) is 19.9 Å². The molecule has 0 fully saturated rings. The normalized spacial score (nSPS) is 10.4. The van der Waals surface area contributed by atoms with E-state index < -0.39 is 11.8 Å². The summed E-state index contributed by atoms with van der Waals surface area (Å²) >= 11 is 11.4. The molecule has 2 N–H and O–H groups in total. The molecular formula is C13H13Cl2N5O2. The highest BCUT2D eigenvalue weighted by Gasteiger charge is 2.11. The minimum Gasteiger partial charge on any atom is -0.271 e. The van der Waals surface area contributed by atoms with Crippen LogP contribution in [0, 0.1) is 13.8 Å². The summed E-state index contributed by atoms with van der Waals surface area (Å²) in [5, 5.41) is 4.34. The van der Waals surface area contributed by atoms with E-state index in [-0.39, 0.29) is 22.4 Å². The third-order valence-corrected chi connectivity index (χ3v) is 3.12. The van der Waals surface area contributed by atoms with Gasteiger partial charge in [-0.2, -0.15) is 5.10 Å². The van der Waals surface area contributed by atoms with Crippen molar-refractivity contribution in [2.75, 3.05) is 0 Å². The van der Waals surface area contributed by atoms with Crippen LogP contribution in [0.25, 0.3) is 0 Å². The minimum atomic E-state index is -0.548. The van der Waals surface area contributed by atoms with Crippen LogP contribution in [0.1, 0.15) is 21.7 Å². The van der Waals surface area contributed by atoms with Crippen LogP contribution in [-0.4, -0.2) is 26.6 Å². The van der Waals surface area contributed by atoms with Crippen LogP contribution in [0.3, 0.4) is 0 Å². The number of pyridine rings is 1. The summed E-state index contributed by atoms with van der Waals surface area (Å²) in [6.07, 6.45) is 0. The fourth-order valence-corrected chi connectivity index (χ4v) is 2.27. The molecule has 22 heavy (non-hydrogen) atoms. The topological polar surface area (TPSA) is 88.9 Å². The standard InChI is InChI=1S/C13H13Cl2N5O2/c1-7-3-8(2)20(19-7)6-12(21)17-18-13(22)9-4-10(14)16-11(15)5-9/h3-5H,6H2,1-2H3,(H,17,21)(H,18,22). The molecule has 0 saturated carbocycles. The molecule has 0 spiro atoms. The first-order valence-electron chi connectivity index (χ1n) is 6.28. The summed E-state index contributed by atoms with van der Waals surface area (Å²) in [5.41, 5.74) is 6.43. The number of carbonyl (C=O) groups excluding carboxylic acids is 2. The van der Waals surface area contributed by atoms with Gasteiger partial charge in [0.2, 0.25) is 0 Å². The molecule has 0 unspecified atom stereocenters. The van der Waals surface area contributed by atoms with E-state index >= 15 is 0 Å². The van der Waals surface area contributed by atoms with E-state index in [2.05, 4.69) is 20.9 Å². The second-order valence-electron chi connectivity index (χ2n) is 4.59. The van der Waals surface area contributed by atoms with Crippen molar-refractivity contribution in [3.63, 3.8) is 0 Å². The van der Waals surface area contributed by atoms with Crippen LogP contribution in [0.5, 0.6) is 0 Å². The van der Waals surface area contributed by atoms with E-state index in [0.29, 0.717) is 0 Å². The Hall–Kier alpha value is -2.12. The number of aryl methyl sites for hydroxylation is 2. The van der Waals surface area contributed by atoms with Crippen molar-refractivity contribution in [3.8, 4) is 0 Å². The van der Waals surface area contributed by atoms with Crippen molar-refractivity contribution < 1.29 is 9.59 Å². The lowest BCUT2D eigenvalue weighted by atomic mass is 10.2. The number of rotatable bonds is 3. The molecule has 2 amide bonds. The fraction of sp³-hybridized carbons (Fsp3) is 0.231. The summed E-state index contributed by atoms with van der Waals surface area (Å²) in [7, 11) is 0. The van der Waals surface area contributed by atoms with E-state index in [9.17, 15) is 9.59 Å². The van der Waals surface area contributed by atoms with Crippen molar-refractivity contribution in [2.45, 2.75) is 20.4 Å². The zero-order valence-electron chi connectivity index (χ0n) is 11.9. The van der Waals surface area contributed by atoms with Gasteiger partial charge in [0.1, 0.15) is 16.9 Å². The molecule has 0 aliphatic heterocycles. The minimum absolute atomic E-state index is 0.00217. The van der Waals surface area contributed by atoms with Crippen molar-refractivity contribution in [2.24, 2.45) is 0 Å². The molecule has 2 heterocycles. The number of carbonyl (C=O) groups is 2. The van der Waals surface area contributed by atoms with Gasteiger partial charge in [-0.1, -0.05) is 23.2 Å². The first kappa shape index (κ1) is 16.3. The molecule has 2 aromatic heterocycles. The Morgan fingerprint density at radius 1 is 1.14 bits per heavy atom. The summed E-state index contributed by atoms with van der Waals surface area (Å²) in [4.78, 5) is 27.4. The molecule has 0 aliphatic carbocycles. The number of halogens is 2. The number of hydrogen-bond donors (Lipinski definition) is 2. The van der Waals surface area contributed by atoms with Gasteiger partial charge in [-0.05, 0) is 32.0 Å². The molecule has 0 saturated heterocycles.